The zero-order valence-electron chi connectivity index (χ0n) is 15.2. The lowest BCUT2D eigenvalue weighted by Gasteiger charge is -2.08. The smallest absolute Gasteiger partial charge is 0.311 e. The van der Waals surface area contributed by atoms with Gasteiger partial charge in [0.25, 0.3) is 0 Å². The van der Waals surface area contributed by atoms with Gasteiger partial charge in [0.1, 0.15) is 5.75 Å². The van der Waals surface area contributed by atoms with Crippen molar-refractivity contribution >= 4 is 11.3 Å². The lowest BCUT2D eigenvalue weighted by atomic mass is 10.1. The lowest BCUT2D eigenvalue weighted by molar-refractivity contribution is -0.385. The number of nitro benzene ring substituents is 1. The summed E-state index contributed by atoms with van der Waals surface area (Å²) in [6.45, 7) is 0. The summed E-state index contributed by atoms with van der Waals surface area (Å²) in [6, 6.07) is 16.1. The zero-order chi connectivity index (χ0) is 19.7. The van der Waals surface area contributed by atoms with Crippen LogP contribution in [0.4, 0.5) is 5.69 Å². The van der Waals surface area contributed by atoms with Crippen LogP contribution in [0.1, 0.15) is 0 Å². The van der Waals surface area contributed by atoms with Crippen LogP contribution >= 0.6 is 0 Å². The summed E-state index contributed by atoms with van der Waals surface area (Å²) in [7, 11) is 3.01. The van der Waals surface area contributed by atoms with E-state index in [-0.39, 0.29) is 11.4 Å². The van der Waals surface area contributed by atoms with E-state index >= 15 is 0 Å². The fraction of sp³-hybridized carbons (Fsp3) is 0.100. The van der Waals surface area contributed by atoms with Gasteiger partial charge in [0.2, 0.25) is 0 Å². The number of rotatable bonds is 5. The van der Waals surface area contributed by atoms with E-state index < -0.39 is 4.92 Å². The number of hydrogen-bond donors (Lipinski definition) is 0. The monoisotopic (exact) mass is 376 g/mol. The number of benzene rings is 2. The minimum atomic E-state index is -0.458. The van der Waals surface area contributed by atoms with Crippen molar-refractivity contribution in [3.63, 3.8) is 0 Å². The molecule has 0 aliphatic heterocycles. The number of fused-ring (bicyclic) bond motifs is 1. The van der Waals surface area contributed by atoms with E-state index in [9.17, 15) is 10.1 Å². The van der Waals surface area contributed by atoms with Gasteiger partial charge in [-0.1, -0.05) is 18.2 Å². The molecule has 0 spiro atoms. The second-order valence-corrected chi connectivity index (χ2v) is 6.01. The molecular weight excluding hydrogens is 360 g/mol. The van der Waals surface area contributed by atoms with E-state index in [1.807, 2.05) is 47.0 Å². The normalized spacial score (nSPS) is 10.8. The van der Waals surface area contributed by atoms with Crippen molar-refractivity contribution in [1.82, 2.24) is 14.6 Å². The first-order valence-corrected chi connectivity index (χ1v) is 8.43. The SMILES string of the molecule is COc1ccccc1-c1nnc2ccc(-c3ccc(OC)c([N+](=O)[O-])c3)cn12. The molecule has 0 fully saturated rings. The molecule has 0 saturated carbocycles. The predicted octanol–water partition coefficient (Wildman–Crippen LogP) is 3.99. The highest BCUT2D eigenvalue weighted by molar-refractivity contribution is 5.72. The molecule has 0 bridgehead atoms. The fourth-order valence-electron chi connectivity index (χ4n) is 3.09. The molecule has 8 heteroatoms. The molecule has 2 aromatic heterocycles. The molecule has 0 unspecified atom stereocenters. The van der Waals surface area contributed by atoms with Crippen molar-refractivity contribution in [3.8, 4) is 34.0 Å². The number of nitrogens with zero attached hydrogens (tertiary/aromatic N) is 4. The maximum Gasteiger partial charge on any atom is 0.311 e. The molecular formula is C20H16N4O4. The number of para-hydroxylation sites is 1. The molecule has 0 N–H and O–H groups in total. The number of aromatic nitrogens is 3. The summed E-state index contributed by atoms with van der Waals surface area (Å²) in [5, 5.41) is 19.8. The summed E-state index contributed by atoms with van der Waals surface area (Å²) < 4.78 is 12.3. The van der Waals surface area contributed by atoms with Crippen molar-refractivity contribution in [3.05, 3.63) is 70.9 Å². The minimum Gasteiger partial charge on any atom is -0.496 e. The number of methoxy groups -OCH3 is 2. The maximum absolute atomic E-state index is 11.3. The summed E-state index contributed by atoms with van der Waals surface area (Å²) >= 11 is 0. The van der Waals surface area contributed by atoms with E-state index in [1.54, 1.807) is 19.2 Å². The van der Waals surface area contributed by atoms with Gasteiger partial charge < -0.3 is 9.47 Å². The van der Waals surface area contributed by atoms with Crippen LogP contribution in [-0.2, 0) is 0 Å². The third-order valence-corrected chi connectivity index (χ3v) is 4.46. The zero-order valence-corrected chi connectivity index (χ0v) is 15.2. The Morgan fingerprint density at radius 1 is 0.929 bits per heavy atom. The summed E-state index contributed by atoms with van der Waals surface area (Å²) in [6.07, 6.45) is 1.85. The molecule has 0 radical (unpaired) electrons. The lowest BCUT2D eigenvalue weighted by Crippen LogP contribution is -1.96. The quantitative estimate of drug-likeness (QED) is 0.386. The molecule has 4 rings (SSSR count). The van der Waals surface area contributed by atoms with Gasteiger partial charge in [-0.2, -0.15) is 0 Å². The molecule has 0 atom stereocenters. The number of hydrogen-bond acceptors (Lipinski definition) is 6. The average molecular weight is 376 g/mol. The van der Waals surface area contributed by atoms with Crippen molar-refractivity contribution in [2.24, 2.45) is 0 Å². The van der Waals surface area contributed by atoms with Crippen LogP contribution in [0.25, 0.3) is 28.2 Å². The molecule has 2 aromatic carbocycles. The topological polar surface area (TPSA) is 91.8 Å². The van der Waals surface area contributed by atoms with Gasteiger partial charge in [0, 0.05) is 12.3 Å². The van der Waals surface area contributed by atoms with Gasteiger partial charge in [0.15, 0.2) is 17.2 Å². The number of nitro groups is 1. The first-order valence-electron chi connectivity index (χ1n) is 8.43. The van der Waals surface area contributed by atoms with E-state index in [0.29, 0.717) is 22.8 Å². The first-order chi connectivity index (χ1) is 13.6. The molecule has 4 aromatic rings. The van der Waals surface area contributed by atoms with E-state index in [2.05, 4.69) is 10.2 Å². The first kappa shape index (κ1) is 17.5. The van der Waals surface area contributed by atoms with Crippen molar-refractivity contribution in [1.29, 1.82) is 0 Å². The Balaban J connectivity index is 1.87. The second kappa shape index (κ2) is 6.99. The highest BCUT2D eigenvalue weighted by Crippen LogP contribution is 2.33. The van der Waals surface area contributed by atoms with Gasteiger partial charge in [-0.05, 0) is 41.5 Å². The van der Waals surface area contributed by atoms with Gasteiger partial charge in [0.05, 0.1) is 24.7 Å². The maximum atomic E-state index is 11.3. The average Bonchev–Trinajstić information content (AvgIpc) is 3.16. The minimum absolute atomic E-state index is 0.0891. The van der Waals surface area contributed by atoms with Crippen molar-refractivity contribution in [2.45, 2.75) is 0 Å². The Hall–Kier alpha value is -3.94. The molecule has 0 aliphatic carbocycles. The van der Waals surface area contributed by atoms with Crippen LogP contribution < -0.4 is 9.47 Å². The molecule has 28 heavy (non-hydrogen) atoms. The van der Waals surface area contributed by atoms with Crippen LogP contribution in [0.15, 0.2) is 60.8 Å². The summed E-state index contributed by atoms with van der Waals surface area (Å²) in [4.78, 5) is 10.9. The predicted molar refractivity (Wildman–Crippen MR) is 104 cm³/mol. The number of pyridine rings is 1. The Bertz CT molecular complexity index is 1190. The second-order valence-electron chi connectivity index (χ2n) is 6.01. The molecule has 8 nitrogen and oxygen atoms in total. The molecule has 2 heterocycles. The van der Waals surface area contributed by atoms with Gasteiger partial charge in [-0.15, -0.1) is 10.2 Å². The standard InChI is InChI=1S/C20H16N4O4/c1-27-17-6-4-3-5-15(17)20-22-21-19-10-8-14(12-23(19)20)13-7-9-18(28-2)16(11-13)24(25)26/h3-12H,1-2H3. The highest BCUT2D eigenvalue weighted by Gasteiger charge is 2.17. The van der Waals surface area contributed by atoms with Crippen LogP contribution in [0, 0.1) is 10.1 Å². The molecule has 140 valence electrons. The van der Waals surface area contributed by atoms with Gasteiger partial charge in [-0.25, -0.2) is 0 Å². The largest absolute Gasteiger partial charge is 0.496 e. The molecule has 0 aliphatic rings. The molecule has 0 amide bonds. The van der Waals surface area contributed by atoms with Crippen LogP contribution in [0.5, 0.6) is 11.5 Å². The van der Waals surface area contributed by atoms with Crippen LogP contribution in [0.3, 0.4) is 0 Å². The van der Waals surface area contributed by atoms with Gasteiger partial charge in [-0.3, -0.25) is 14.5 Å². The summed E-state index contributed by atoms with van der Waals surface area (Å²) in [5.74, 6) is 1.52. The van der Waals surface area contributed by atoms with E-state index in [1.165, 1.54) is 13.2 Å². The fourth-order valence-corrected chi connectivity index (χ4v) is 3.09. The van der Waals surface area contributed by atoms with Crippen molar-refractivity contribution < 1.29 is 14.4 Å². The third kappa shape index (κ3) is 2.90. The van der Waals surface area contributed by atoms with Gasteiger partial charge >= 0.3 is 5.69 Å². The van der Waals surface area contributed by atoms with Crippen LogP contribution in [-0.4, -0.2) is 33.7 Å². The third-order valence-electron chi connectivity index (χ3n) is 4.46. The Kier molecular flexibility index (Phi) is 4.36. The van der Waals surface area contributed by atoms with Crippen molar-refractivity contribution in [2.75, 3.05) is 14.2 Å². The molecule has 0 saturated heterocycles. The highest BCUT2D eigenvalue weighted by atomic mass is 16.6. The summed E-state index contributed by atoms with van der Waals surface area (Å²) in [5.41, 5.74) is 2.85. The van der Waals surface area contributed by atoms with E-state index in [4.69, 9.17) is 9.47 Å². The van der Waals surface area contributed by atoms with E-state index in [0.717, 1.165) is 11.1 Å². The Morgan fingerprint density at radius 3 is 2.43 bits per heavy atom. The Labute approximate surface area is 160 Å². The Morgan fingerprint density at radius 2 is 1.68 bits per heavy atom. The number of ether oxygens (including phenoxy) is 2. The van der Waals surface area contributed by atoms with Crippen LogP contribution in [0.2, 0.25) is 0 Å².